The minimum atomic E-state index is 0.653. The molecule has 10 rings (SSSR count). The van der Waals surface area contributed by atoms with Gasteiger partial charge in [0.2, 0.25) is 0 Å². The van der Waals surface area contributed by atoms with Crippen LogP contribution in [0.1, 0.15) is 0 Å². The molecule has 4 heteroatoms. The van der Waals surface area contributed by atoms with E-state index in [1.807, 2.05) is 18.2 Å². The summed E-state index contributed by atoms with van der Waals surface area (Å²) in [5.41, 5.74) is 5.32. The van der Waals surface area contributed by atoms with Crippen molar-refractivity contribution in [2.45, 2.75) is 0 Å². The van der Waals surface area contributed by atoms with Crippen LogP contribution in [0.25, 0.3) is 97.8 Å². The Morgan fingerprint density at radius 3 is 1.78 bits per heavy atom. The summed E-state index contributed by atoms with van der Waals surface area (Å²) in [6.45, 7) is 0. The lowest BCUT2D eigenvalue weighted by Gasteiger charge is -2.14. The zero-order valence-electron chi connectivity index (χ0n) is 26.3. The van der Waals surface area contributed by atoms with Gasteiger partial charge in [0, 0.05) is 36.9 Å². The van der Waals surface area contributed by atoms with Crippen LogP contribution in [0.15, 0.2) is 164 Å². The first kappa shape index (κ1) is 27.8. The smallest absolute Gasteiger partial charge is 0.164 e. The molecule has 0 spiro atoms. The molecule has 0 unspecified atom stereocenters. The van der Waals surface area contributed by atoms with Crippen molar-refractivity contribution in [1.29, 1.82) is 0 Å². The molecule has 0 aliphatic rings. The van der Waals surface area contributed by atoms with Crippen LogP contribution in [-0.4, -0.2) is 15.0 Å². The van der Waals surface area contributed by atoms with Crippen LogP contribution in [0.3, 0.4) is 0 Å². The molecule has 3 nitrogen and oxygen atoms in total. The lowest BCUT2D eigenvalue weighted by molar-refractivity contribution is 1.08. The van der Waals surface area contributed by atoms with Gasteiger partial charge in [-0.05, 0) is 61.6 Å². The highest BCUT2D eigenvalue weighted by Crippen LogP contribution is 2.41. The van der Waals surface area contributed by atoms with E-state index in [0.29, 0.717) is 17.5 Å². The molecule has 0 bridgehead atoms. The average molecular weight is 642 g/mol. The summed E-state index contributed by atoms with van der Waals surface area (Å²) in [7, 11) is 0. The molecule has 228 valence electrons. The fourth-order valence-corrected chi connectivity index (χ4v) is 8.35. The van der Waals surface area contributed by atoms with E-state index in [2.05, 4.69) is 146 Å². The van der Waals surface area contributed by atoms with Gasteiger partial charge in [0.05, 0.1) is 0 Å². The van der Waals surface area contributed by atoms with Crippen molar-refractivity contribution in [2.24, 2.45) is 0 Å². The summed E-state index contributed by atoms with van der Waals surface area (Å²) in [6.07, 6.45) is 0. The van der Waals surface area contributed by atoms with Crippen molar-refractivity contribution in [3.05, 3.63) is 164 Å². The van der Waals surface area contributed by atoms with Gasteiger partial charge in [-0.15, -0.1) is 11.3 Å². The zero-order valence-corrected chi connectivity index (χ0v) is 27.2. The van der Waals surface area contributed by atoms with Crippen LogP contribution < -0.4 is 0 Å². The number of fused-ring (bicyclic) bond motifs is 7. The Labute approximate surface area is 286 Å². The quantitative estimate of drug-likeness (QED) is 0.142. The third-order valence-electron chi connectivity index (χ3n) is 9.51. The van der Waals surface area contributed by atoms with E-state index in [-0.39, 0.29) is 0 Å². The molecule has 0 saturated heterocycles. The first-order valence-corrected chi connectivity index (χ1v) is 17.3. The van der Waals surface area contributed by atoms with Gasteiger partial charge >= 0.3 is 0 Å². The van der Waals surface area contributed by atoms with Gasteiger partial charge in [0.1, 0.15) is 0 Å². The van der Waals surface area contributed by atoms with Crippen LogP contribution in [0, 0.1) is 0 Å². The topological polar surface area (TPSA) is 38.7 Å². The number of rotatable bonds is 4. The molecule has 10 aromatic rings. The number of hydrogen-bond donors (Lipinski definition) is 0. The Bertz CT molecular complexity index is 2870. The van der Waals surface area contributed by atoms with Crippen LogP contribution in [0.4, 0.5) is 0 Å². The molecule has 0 radical (unpaired) electrons. The van der Waals surface area contributed by atoms with Gasteiger partial charge in [-0.3, -0.25) is 0 Å². The van der Waals surface area contributed by atoms with Gasteiger partial charge in [0.15, 0.2) is 17.5 Å². The highest BCUT2D eigenvalue weighted by molar-refractivity contribution is 7.25. The first-order valence-electron chi connectivity index (χ1n) is 16.4. The maximum Gasteiger partial charge on any atom is 0.164 e. The summed E-state index contributed by atoms with van der Waals surface area (Å²) in [4.78, 5) is 15.3. The SMILES string of the molecule is c1ccc(-c2nc(-c3ccc(-c4c5ccccc5cc5c4ccc4ccccc45)cc3)nc(-c3cccc4sc5ccccc5c34)n2)cc1. The minimum Gasteiger partial charge on any atom is -0.208 e. The second-order valence-electron chi connectivity index (χ2n) is 12.4. The summed E-state index contributed by atoms with van der Waals surface area (Å²) in [6, 6.07) is 58.1. The van der Waals surface area contributed by atoms with Crippen molar-refractivity contribution in [2.75, 3.05) is 0 Å². The van der Waals surface area contributed by atoms with Crippen molar-refractivity contribution >= 4 is 63.8 Å². The number of hydrogen-bond acceptors (Lipinski definition) is 4. The van der Waals surface area contributed by atoms with E-state index < -0.39 is 0 Å². The highest BCUT2D eigenvalue weighted by atomic mass is 32.1. The van der Waals surface area contributed by atoms with E-state index in [9.17, 15) is 0 Å². The van der Waals surface area contributed by atoms with Gasteiger partial charge in [-0.1, -0.05) is 146 Å². The van der Waals surface area contributed by atoms with Gasteiger partial charge in [-0.25, -0.2) is 15.0 Å². The minimum absolute atomic E-state index is 0.653. The molecule has 0 saturated carbocycles. The summed E-state index contributed by atoms with van der Waals surface area (Å²) >= 11 is 1.80. The fourth-order valence-electron chi connectivity index (χ4n) is 7.22. The van der Waals surface area contributed by atoms with E-state index in [1.54, 1.807) is 11.3 Å². The highest BCUT2D eigenvalue weighted by Gasteiger charge is 2.18. The van der Waals surface area contributed by atoms with Gasteiger partial charge in [-0.2, -0.15) is 0 Å². The molecular weight excluding hydrogens is 615 g/mol. The number of nitrogens with zero attached hydrogens (tertiary/aromatic N) is 3. The Kier molecular flexibility index (Phi) is 6.36. The number of benzene rings is 8. The standard InChI is InChI=1S/C45H27N3S/c1-2-12-30(13-3-1)43-46-44(48-45(47-43)37-18-10-20-40-42(37)36-17-8-9-19-39(36)49-40)31-23-21-29(22-24-31)41-34-16-7-5-14-32(34)27-38-33-15-6-4-11-28(33)25-26-35(38)41/h1-27H. The lowest BCUT2D eigenvalue weighted by Crippen LogP contribution is -2.00. The predicted octanol–water partition coefficient (Wildman–Crippen LogP) is 12.4. The molecule has 0 aliphatic heterocycles. The second kappa shape index (κ2) is 11.2. The fraction of sp³-hybridized carbons (Fsp3) is 0. The van der Waals surface area contributed by atoms with E-state index in [4.69, 9.17) is 15.0 Å². The summed E-state index contributed by atoms with van der Waals surface area (Å²) < 4.78 is 2.48. The van der Waals surface area contributed by atoms with Crippen molar-refractivity contribution in [1.82, 2.24) is 15.0 Å². The summed E-state index contributed by atoms with van der Waals surface area (Å²) in [5, 5.41) is 9.90. The predicted molar refractivity (Wildman–Crippen MR) is 207 cm³/mol. The Morgan fingerprint density at radius 2 is 0.959 bits per heavy atom. The third kappa shape index (κ3) is 4.61. The zero-order chi connectivity index (χ0) is 32.3. The van der Waals surface area contributed by atoms with Crippen LogP contribution >= 0.6 is 11.3 Å². The molecule has 0 atom stereocenters. The summed E-state index contributed by atoms with van der Waals surface area (Å²) in [5.74, 6) is 1.99. The Morgan fingerprint density at radius 1 is 0.347 bits per heavy atom. The molecule has 8 aromatic carbocycles. The van der Waals surface area contributed by atoms with E-state index in [1.165, 1.54) is 58.1 Å². The first-order chi connectivity index (χ1) is 24.3. The van der Waals surface area contributed by atoms with Gasteiger partial charge in [0.25, 0.3) is 0 Å². The third-order valence-corrected chi connectivity index (χ3v) is 10.6. The molecule has 0 amide bonds. The van der Waals surface area contributed by atoms with Crippen LogP contribution in [0.5, 0.6) is 0 Å². The Balaban J connectivity index is 1.16. The normalized spacial score (nSPS) is 11.7. The molecule has 0 N–H and O–H groups in total. The van der Waals surface area contributed by atoms with Crippen molar-refractivity contribution in [3.63, 3.8) is 0 Å². The molecular formula is C45H27N3S. The maximum absolute atomic E-state index is 5.15. The molecule has 2 aromatic heterocycles. The van der Waals surface area contributed by atoms with Crippen LogP contribution in [0.2, 0.25) is 0 Å². The van der Waals surface area contributed by atoms with E-state index in [0.717, 1.165) is 22.3 Å². The molecule has 49 heavy (non-hydrogen) atoms. The molecule has 2 heterocycles. The molecule has 0 aliphatic carbocycles. The van der Waals surface area contributed by atoms with E-state index >= 15 is 0 Å². The largest absolute Gasteiger partial charge is 0.208 e. The number of thiophene rings is 1. The number of aromatic nitrogens is 3. The second-order valence-corrected chi connectivity index (χ2v) is 13.5. The monoisotopic (exact) mass is 641 g/mol. The van der Waals surface area contributed by atoms with Gasteiger partial charge < -0.3 is 0 Å². The maximum atomic E-state index is 5.15. The molecule has 0 fully saturated rings. The van der Waals surface area contributed by atoms with Crippen molar-refractivity contribution < 1.29 is 0 Å². The van der Waals surface area contributed by atoms with Crippen LogP contribution in [-0.2, 0) is 0 Å². The van der Waals surface area contributed by atoms with Crippen molar-refractivity contribution in [3.8, 4) is 45.3 Å². The lowest BCUT2D eigenvalue weighted by atomic mass is 9.89. The average Bonchev–Trinajstić information content (AvgIpc) is 3.56. The Hall–Kier alpha value is -6.23.